The summed E-state index contributed by atoms with van der Waals surface area (Å²) in [5, 5.41) is 0. The fourth-order valence-corrected chi connectivity index (χ4v) is 3.62. The van der Waals surface area contributed by atoms with E-state index in [1.165, 1.54) is 38.6 Å². The van der Waals surface area contributed by atoms with Crippen molar-refractivity contribution < 1.29 is 4.79 Å². The Labute approximate surface area is 118 Å². The Morgan fingerprint density at radius 2 is 1.68 bits per heavy atom. The van der Waals surface area contributed by atoms with Gasteiger partial charge in [-0.15, -0.1) is 0 Å². The van der Waals surface area contributed by atoms with Crippen molar-refractivity contribution in [3.8, 4) is 0 Å². The maximum atomic E-state index is 12.3. The number of carbonyl (C=O) groups excluding carboxylic acids is 1. The summed E-state index contributed by atoms with van der Waals surface area (Å²) in [6, 6.07) is 0. The quantitative estimate of drug-likeness (QED) is 0.763. The molecule has 2 aliphatic rings. The minimum atomic E-state index is 0.383. The number of rotatable bonds is 5. The second kappa shape index (κ2) is 7.39. The van der Waals surface area contributed by atoms with Crippen LogP contribution in [0, 0.1) is 11.8 Å². The zero-order chi connectivity index (χ0) is 13.7. The molecule has 0 bridgehead atoms. The van der Waals surface area contributed by atoms with Gasteiger partial charge in [0.05, 0.1) is 6.54 Å². The number of Topliss-reactive ketones (excluding diaryl/α,β-unsaturated/α-hetero) is 1. The zero-order valence-electron chi connectivity index (χ0n) is 12.7. The lowest BCUT2D eigenvalue weighted by atomic mass is 9.86. The molecule has 0 radical (unpaired) electrons. The van der Waals surface area contributed by atoms with Gasteiger partial charge in [0.25, 0.3) is 0 Å². The third-order valence-corrected chi connectivity index (χ3v) is 4.77. The monoisotopic (exact) mass is 266 g/mol. The Hall–Kier alpha value is -0.410. The van der Waals surface area contributed by atoms with Crippen molar-refractivity contribution in [3.63, 3.8) is 0 Å². The Morgan fingerprint density at radius 1 is 1.05 bits per heavy atom. The molecule has 110 valence electrons. The molecule has 19 heavy (non-hydrogen) atoms. The normalized spacial score (nSPS) is 23.9. The highest BCUT2D eigenvalue weighted by molar-refractivity contribution is 5.83. The van der Waals surface area contributed by atoms with Crippen molar-refractivity contribution in [2.75, 3.05) is 40.3 Å². The molecule has 0 atom stereocenters. The van der Waals surface area contributed by atoms with Gasteiger partial charge in [-0.3, -0.25) is 9.69 Å². The van der Waals surface area contributed by atoms with Gasteiger partial charge in [-0.25, -0.2) is 0 Å². The molecule has 0 unspecified atom stereocenters. The largest absolute Gasteiger partial charge is 0.309 e. The Morgan fingerprint density at radius 3 is 2.26 bits per heavy atom. The average Bonchev–Trinajstić information content (AvgIpc) is 2.41. The highest BCUT2D eigenvalue weighted by atomic mass is 16.1. The Kier molecular flexibility index (Phi) is 5.83. The molecule has 0 spiro atoms. The van der Waals surface area contributed by atoms with Crippen LogP contribution < -0.4 is 0 Å². The highest BCUT2D eigenvalue weighted by Crippen LogP contribution is 2.25. The number of hydrogen-bond donors (Lipinski definition) is 0. The number of likely N-dealkylation sites (tertiary alicyclic amines) is 1. The van der Waals surface area contributed by atoms with Gasteiger partial charge < -0.3 is 4.90 Å². The van der Waals surface area contributed by atoms with Crippen LogP contribution in [0.3, 0.4) is 0 Å². The molecular formula is C16H30N2O. The van der Waals surface area contributed by atoms with Crippen molar-refractivity contribution >= 4 is 5.78 Å². The van der Waals surface area contributed by atoms with Crippen LogP contribution in [0.4, 0.5) is 0 Å². The molecule has 1 aliphatic carbocycles. The average molecular weight is 266 g/mol. The standard InChI is InChI=1S/C16H30N2O/c1-17(2)12-14-8-10-18(11-9-14)13-16(19)15-6-4-3-5-7-15/h14-15H,3-13H2,1-2H3. The van der Waals surface area contributed by atoms with Gasteiger partial charge in [0.2, 0.25) is 0 Å². The number of ketones is 1. The molecule has 0 amide bonds. The lowest BCUT2D eigenvalue weighted by Crippen LogP contribution is -2.41. The van der Waals surface area contributed by atoms with Crippen LogP contribution in [0.25, 0.3) is 0 Å². The molecule has 1 saturated heterocycles. The first-order chi connectivity index (χ1) is 9.15. The summed E-state index contributed by atoms with van der Waals surface area (Å²) in [6.07, 6.45) is 8.68. The fraction of sp³-hybridized carbons (Fsp3) is 0.938. The smallest absolute Gasteiger partial charge is 0.149 e. The van der Waals surface area contributed by atoms with Crippen molar-refractivity contribution in [2.24, 2.45) is 11.8 Å². The SMILES string of the molecule is CN(C)CC1CCN(CC(=O)C2CCCCC2)CC1. The van der Waals surface area contributed by atoms with E-state index in [0.717, 1.165) is 38.4 Å². The maximum absolute atomic E-state index is 12.3. The summed E-state index contributed by atoms with van der Waals surface area (Å²) in [5.74, 6) is 1.73. The molecule has 0 aromatic heterocycles. The van der Waals surface area contributed by atoms with Crippen LogP contribution in [0.1, 0.15) is 44.9 Å². The van der Waals surface area contributed by atoms with E-state index in [-0.39, 0.29) is 0 Å². The molecule has 2 rings (SSSR count). The number of nitrogens with zero attached hydrogens (tertiary/aromatic N) is 2. The third kappa shape index (κ3) is 4.88. The van der Waals surface area contributed by atoms with Crippen LogP contribution in [-0.2, 0) is 4.79 Å². The zero-order valence-corrected chi connectivity index (χ0v) is 12.7. The van der Waals surface area contributed by atoms with Gasteiger partial charge in [0.1, 0.15) is 5.78 Å². The van der Waals surface area contributed by atoms with E-state index in [1.54, 1.807) is 0 Å². The van der Waals surface area contributed by atoms with Gasteiger partial charge >= 0.3 is 0 Å². The number of piperidine rings is 1. The van der Waals surface area contributed by atoms with Crippen LogP contribution >= 0.6 is 0 Å². The Balaban J connectivity index is 1.68. The molecule has 1 aliphatic heterocycles. The summed E-state index contributed by atoms with van der Waals surface area (Å²) in [6.45, 7) is 4.16. The minimum absolute atomic E-state index is 0.383. The summed E-state index contributed by atoms with van der Waals surface area (Å²) < 4.78 is 0. The topological polar surface area (TPSA) is 23.6 Å². The third-order valence-electron chi connectivity index (χ3n) is 4.77. The van der Waals surface area contributed by atoms with E-state index in [0.29, 0.717) is 11.7 Å². The van der Waals surface area contributed by atoms with E-state index in [4.69, 9.17) is 0 Å². The molecular weight excluding hydrogens is 236 g/mol. The first-order valence-corrected chi connectivity index (χ1v) is 8.05. The van der Waals surface area contributed by atoms with Crippen LogP contribution in [-0.4, -0.2) is 55.9 Å². The van der Waals surface area contributed by atoms with Gasteiger partial charge in [0, 0.05) is 12.5 Å². The highest BCUT2D eigenvalue weighted by Gasteiger charge is 2.25. The molecule has 0 aromatic rings. The van der Waals surface area contributed by atoms with Crippen molar-refractivity contribution in [2.45, 2.75) is 44.9 Å². The Bertz CT molecular complexity index is 276. The van der Waals surface area contributed by atoms with Gasteiger partial charge in [0.15, 0.2) is 0 Å². The lowest BCUT2D eigenvalue weighted by molar-refractivity contribution is -0.125. The van der Waals surface area contributed by atoms with Gasteiger partial charge in [-0.05, 0) is 58.8 Å². The summed E-state index contributed by atoms with van der Waals surface area (Å²) in [7, 11) is 4.30. The minimum Gasteiger partial charge on any atom is -0.309 e. The maximum Gasteiger partial charge on any atom is 0.149 e. The van der Waals surface area contributed by atoms with E-state index in [2.05, 4.69) is 23.9 Å². The predicted molar refractivity (Wildman–Crippen MR) is 79.3 cm³/mol. The van der Waals surface area contributed by atoms with Crippen LogP contribution in [0.15, 0.2) is 0 Å². The van der Waals surface area contributed by atoms with Crippen LogP contribution in [0.5, 0.6) is 0 Å². The lowest BCUT2D eigenvalue weighted by Gasteiger charge is -2.33. The fourth-order valence-electron chi connectivity index (χ4n) is 3.62. The molecule has 3 nitrogen and oxygen atoms in total. The first kappa shape index (κ1) is 15.0. The van der Waals surface area contributed by atoms with Crippen molar-refractivity contribution in [1.29, 1.82) is 0 Å². The van der Waals surface area contributed by atoms with E-state index in [9.17, 15) is 4.79 Å². The first-order valence-electron chi connectivity index (χ1n) is 8.05. The summed E-state index contributed by atoms with van der Waals surface area (Å²) >= 11 is 0. The van der Waals surface area contributed by atoms with Gasteiger partial charge in [-0.2, -0.15) is 0 Å². The molecule has 2 fully saturated rings. The molecule has 0 N–H and O–H groups in total. The number of hydrogen-bond acceptors (Lipinski definition) is 3. The summed E-state index contributed by atoms with van der Waals surface area (Å²) in [5.41, 5.74) is 0. The number of carbonyl (C=O) groups is 1. The van der Waals surface area contributed by atoms with Crippen LogP contribution in [0.2, 0.25) is 0 Å². The molecule has 0 aromatic carbocycles. The van der Waals surface area contributed by atoms with E-state index in [1.807, 2.05) is 0 Å². The molecule has 1 saturated carbocycles. The van der Waals surface area contributed by atoms with E-state index >= 15 is 0 Å². The second-order valence-corrected chi connectivity index (χ2v) is 6.78. The second-order valence-electron chi connectivity index (χ2n) is 6.78. The van der Waals surface area contributed by atoms with Gasteiger partial charge in [-0.1, -0.05) is 19.3 Å². The van der Waals surface area contributed by atoms with E-state index < -0.39 is 0 Å². The molecule has 3 heteroatoms. The van der Waals surface area contributed by atoms with Crippen molar-refractivity contribution in [1.82, 2.24) is 9.80 Å². The van der Waals surface area contributed by atoms with Crippen molar-refractivity contribution in [3.05, 3.63) is 0 Å². The molecule has 1 heterocycles. The predicted octanol–water partition coefficient (Wildman–Crippen LogP) is 2.41. The summed E-state index contributed by atoms with van der Waals surface area (Å²) in [4.78, 5) is 17.0.